The Morgan fingerprint density at radius 3 is 2.67 bits per heavy atom. The van der Waals surface area contributed by atoms with E-state index in [4.69, 9.17) is 5.11 Å². The van der Waals surface area contributed by atoms with Gasteiger partial charge in [-0.3, -0.25) is 9.20 Å². The van der Waals surface area contributed by atoms with Crippen molar-refractivity contribution in [1.82, 2.24) is 4.40 Å². The van der Waals surface area contributed by atoms with Gasteiger partial charge in [0.2, 0.25) is 0 Å². The van der Waals surface area contributed by atoms with Crippen LogP contribution in [0.25, 0.3) is 5.52 Å². The minimum absolute atomic E-state index is 0. The van der Waals surface area contributed by atoms with Crippen LogP contribution in [0.3, 0.4) is 0 Å². The van der Waals surface area contributed by atoms with Crippen LogP contribution in [0.1, 0.15) is 22.8 Å². The number of carbonyl (C=O) groups is 1. The molecule has 2 heterocycles. The second kappa shape index (κ2) is 5.18. The van der Waals surface area contributed by atoms with Crippen molar-refractivity contribution in [3.05, 3.63) is 51.7 Å². The highest BCUT2D eigenvalue weighted by Crippen LogP contribution is 2.12. The molecule has 18 heavy (non-hydrogen) atoms. The summed E-state index contributed by atoms with van der Waals surface area (Å²) in [5.74, 6) is -1.88. The van der Waals surface area contributed by atoms with Crippen molar-refractivity contribution in [1.29, 1.82) is 0 Å². The SMILES string of the molecule is CCc1cc(C(=O)O)c(=O)n2cc(F)ccc12.Cl. The van der Waals surface area contributed by atoms with Gasteiger partial charge in [-0.2, -0.15) is 0 Å². The maximum absolute atomic E-state index is 13.1. The molecule has 0 aromatic carbocycles. The van der Waals surface area contributed by atoms with Crippen LogP contribution in [0.2, 0.25) is 0 Å². The summed E-state index contributed by atoms with van der Waals surface area (Å²) in [5, 5.41) is 8.91. The Balaban J connectivity index is 0.00000162. The van der Waals surface area contributed by atoms with Gasteiger partial charge in [-0.05, 0) is 30.2 Å². The van der Waals surface area contributed by atoms with E-state index in [1.165, 1.54) is 18.2 Å². The van der Waals surface area contributed by atoms with Crippen LogP contribution in [-0.2, 0) is 6.42 Å². The van der Waals surface area contributed by atoms with Gasteiger partial charge in [-0.1, -0.05) is 6.92 Å². The van der Waals surface area contributed by atoms with Crippen LogP contribution in [0.15, 0.2) is 29.2 Å². The lowest BCUT2D eigenvalue weighted by Gasteiger charge is -2.07. The average Bonchev–Trinajstić information content (AvgIpc) is 2.29. The maximum Gasteiger partial charge on any atom is 0.341 e. The lowest BCUT2D eigenvalue weighted by Crippen LogP contribution is -2.23. The van der Waals surface area contributed by atoms with E-state index in [9.17, 15) is 14.0 Å². The van der Waals surface area contributed by atoms with Crippen molar-refractivity contribution in [3.8, 4) is 0 Å². The quantitative estimate of drug-likeness (QED) is 0.910. The third-order valence-corrected chi connectivity index (χ3v) is 2.62. The van der Waals surface area contributed by atoms with E-state index in [2.05, 4.69) is 0 Å². The number of fused-ring (bicyclic) bond motifs is 1. The third kappa shape index (κ3) is 2.22. The fourth-order valence-corrected chi connectivity index (χ4v) is 1.78. The highest BCUT2D eigenvalue weighted by molar-refractivity contribution is 5.88. The van der Waals surface area contributed by atoms with Crippen LogP contribution >= 0.6 is 12.4 Å². The molecule has 0 fully saturated rings. The molecule has 0 atom stereocenters. The number of hydrogen-bond donors (Lipinski definition) is 1. The minimum Gasteiger partial charge on any atom is -0.477 e. The number of nitrogens with zero attached hydrogens (tertiary/aromatic N) is 1. The first-order chi connectivity index (χ1) is 8.04. The normalized spacial score (nSPS) is 10.1. The summed E-state index contributed by atoms with van der Waals surface area (Å²) in [7, 11) is 0. The monoisotopic (exact) mass is 271 g/mol. The molecule has 4 nitrogen and oxygen atoms in total. The van der Waals surface area contributed by atoms with E-state index in [0.717, 1.165) is 10.6 Å². The molecule has 0 saturated carbocycles. The molecule has 2 aromatic heterocycles. The molecule has 1 N–H and O–H groups in total. The smallest absolute Gasteiger partial charge is 0.341 e. The molecule has 0 radical (unpaired) electrons. The highest BCUT2D eigenvalue weighted by Gasteiger charge is 2.14. The Bertz CT molecular complexity index is 666. The zero-order valence-electron chi connectivity index (χ0n) is 9.51. The van der Waals surface area contributed by atoms with E-state index >= 15 is 0 Å². The number of aromatic carboxylic acids is 1. The van der Waals surface area contributed by atoms with Gasteiger partial charge < -0.3 is 5.11 Å². The molecule has 0 spiro atoms. The van der Waals surface area contributed by atoms with Gasteiger partial charge in [0.25, 0.3) is 5.56 Å². The third-order valence-electron chi connectivity index (χ3n) is 2.62. The van der Waals surface area contributed by atoms with Crippen molar-refractivity contribution in [2.24, 2.45) is 0 Å². The topological polar surface area (TPSA) is 58.8 Å². The summed E-state index contributed by atoms with van der Waals surface area (Å²) in [6, 6.07) is 4.06. The van der Waals surface area contributed by atoms with Crippen molar-refractivity contribution in [3.63, 3.8) is 0 Å². The van der Waals surface area contributed by atoms with Crippen LogP contribution < -0.4 is 5.56 Å². The van der Waals surface area contributed by atoms with Gasteiger partial charge in [-0.25, -0.2) is 9.18 Å². The van der Waals surface area contributed by atoms with Gasteiger partial charge in [0, 0.05) is 6.20 Å². The number of carboxylic acids is 1. The van der Waals surface area contributed by atoms with Gasteiger partial charge >= 0.3 is 5.97 Å². The predicted octanol–water partition coefficient (Wildman–Crippen LogP) is 2.12. The molecular formula is C12H11ClFNO3. The van der Waals surface area contributed by atoms with E-state index in [-0.39, 0.29) is 18.0 Å². The summed E-state index contributed by atoms with van der Waals surface area (Å²) in [5.41, 5.74) is 0.167. The zero-order chi connectivity index (χ0) is 12.6. The fourth-order valence-electron chi connectivity index (χ4n) is 1.78. The molecule has 96 valence electrons. The highest BCUT2D eigenvalue weighted by atomic mass is 35.5. The molecular weight excluding hydrogens is 261 g/mol. The largest absolute Gasteiger partial charge is 0.477 e. The van der Waals surface area contributed by atoms with Crippen LogP contribution in [0.4, 0.5) is 4.39 Å². The Labute approximate surface area is 108 Å². The molecule has 6 heteroatoms. The molecule has 2 aromatic rings. The Morgan fingerprint density at radius 1 is 1.44 bits per heavy atom. The molecule has 2 rings (SSSR count). The lowest BCUT2D eigenvalue weighted by molar-refractivity contribution is 0.0694. The average molecular weight is 272 g/mol. The fraction of sp³-hybridized carbons (Fsp3) is 0.167. The Hall–Kier alpha value is -1.88. The van der Waals surface area contributed by atoms with Gasteiger partial charge in [0.05, 0.1) is 5.52 Å². The lowest BCUT2D eigenvalue weighted by atomic mass is 10.1. The van der Waals surface area contributed by atoms with Crippen molar-refractivity contribution in [2.75, 3.05) is 0 Å². The number of aryl methyl sites for hydroxylation is 1. The number of halogens is 2. The van der Waals surface area contributed by atoms with E-state index < -0.39 is 17.3 Å². The summed E-state index contributed by atoms with van der Waals surface area (Å²) in [4.78, 5) is 22.7. The second-order valence-electron chi connectivity index (χ2n) is 3.65. The summed E-state index contributed by atoms with van der Waals surface area (Å²) in [6.45, 7) is 1.84. The first-order valence-corrected chi connectivity index (χ1v) is 5.11. The van der Waals surface area contributed by atoms with Crippen LogP contribution in [-0.4, -0.2) is 15.5 Å². The standard InChI is InChI=1S/C12H10FNO3.ClH/c1-2-7-5-9(12(16)17)11(15)14-6-8(13)3-4-10(7)14;/h3-6H,2H2,1H3,(H,16,17);1H. The van der Waals surface area contributed by atoms with Crippen LogP contribution in [0.5, 0.6) is 0 Å². The van der Waals surface area contributed by atoms with E-state index in [1.54, 1.807) is 0 Å². The van der Waals surface area contributed by atoms with Crippen molar-refractivity contribution < 1.29 is 14.3 Å². The summed E-state index contributed by atoms with van der Waals surface area (Å²) < 4.78 is 14.1. The van der Waals surface area contributed by atoms with Gasteiger partial charge in [-0.15, -0.1) is 12.4 Å². The maximum atomic E-state index is 13.1. The van der Waals surface area contributed by atoms with Gasteiger partial charge in [0.15, 0.2) is 0 Å². The van der Waals surface area contributed by atoms with Gasteiger partial charge in [0.1, 0.15) is 11.4 Å². The molecule has 0 bridgehead atoms. The molecule has 0 amide bonds. The molecule has 0 aliphatic heterocycles. The molecule has 0 aliphatic carbocycles. The molecule has 0 saturated heterocycles. The van der Waals surface area contributed by atoms with E-state index in [0.29, 0.717) is 17.5 Å². The number of aromatic nitrogens is 1. The number of rotatable bonds is 2. The summed E-state index contributed by atoms with van der Waals surface area (Å²) >= 11 is 0. The molecule has 0 aliphatic rings. The Morgan fingerprint density at radius 2 is 2.11 bits per heavy atom. The predicted molar refractivity (Wildman–Crippen MR) is 67.2 cm³/mol. The second-order valence-corrected chi connectivity index (χ2v) is 3.65. The van der Waals surface area contributed by atoms with E-state index in [1.807, 2.05) is 6.92 Å². The minimum atomic E-state index is -1.30. The first-order valence-electron chi connectivity index (χ1n) is 5.11. The van der Waals surface area contributed by atoms with Crippen molar-refractivity contribution >= 4 is 23.9 Å². The zero-order valence-corrected chi connectivity index (χ0v) is 10.3. The number of carboxylic acid groups (broad SMARTS) is 1. The number of hydrogen-bond acceptors (Lipinski definition) is 2. The Kier molecular flexibility index (Phi) is 4.08. The van der Waals surface area contributed by atoms with Crippen molar-refractivity contribution in [2.45, 2.75) is 13.3 Å². The van der Waals surface area contributed by atoms with Crippen LogP contribution in [0, 0.1) is 5.82 Å². The first kappa shape index (κ1) is 14.2. The summed E-state index contributed by atoms with van der Waals surface area (Å²) in [6.07, 6.45) is 1.57. The number of pyridine rings is 2. The molecule has 0 unspecified atom stereocenters.